The molecule has 3 N–H and O–H groups in total. The summed E-state index contributed by atoms with van der Waals surface area (Å²) >= 11 is 3.44. The predicted octanol–water partition coefficient (Wildman–Crippen LogP) is 4.26. The number of para-hydroxylation sites is 1. The first-order valence-electron chi connectivity index (χ1n) is 6.61. The molecular formula is C16H17BrN2O2. The molecule has 0 unspecified atom stereocenters. The monoisotopic (exact) mass is 348 g/mol. The van der Waals surface area contributed by atoms with Crippen molar-refractivity contribution < 1.29 is 9.53 Å². The molecule has 0 bridgehead atoms. The average molecular weight is 349 g/mol. The second-order valence-corrected chi connectivity index (χ2v) is 5.49. The Hall–Kier alpha value is -2.01. The summed E-state index contributed by atoms with van der Waals surface area (Å²) in [5.74, 6) is -0.412. The standard InChI is InChI=1S/C16H17BrN2O2/c1-3-21-16(20)12-5-4-6-13(15(12)18)19-14-9-11(17)8-7-10(14)2/h4-9,19H,3,18H2,1-2H3. The van der Waals surface area contributed by atoms with Gasteiger partial charge in [0.2, 0.25) is 0 Å². The van der Waals surface area contributed by atoms with E-state index in [1.54, 1.807) is 19.1 Å². The zero-order valence-corrected chi connectivity index (χ0v) is 13.5. The fourth-order valence-corrected chi connectivity index (χ4v) is 2.30. The van der Waals surface area contributed by atoms with Crippen LogP contribution in [0.3, 0.4) is 0 Å². The maximum atomic E-state index is 11.9. The van der Waals surface area contributed by atoms with Crippen LogP contribution in [-0.2, 0) is 4.74 Å². The van der Waals surface area contributed by atoms with Crippen LogP contribution < -0.4 is 11.1 Å². The first-order valence-corrected chi connectivity index (χ1v) is 7.41. The number of rotatable bonds is 4. The maximum Gasteiger partial charge on any atom is 0.340 e. The van der Waals surface area contributed by atoms with Crippen LogP contribution in [0.5, 0.6) is 0 Å². The molecule has 4 nitrogen and oxygen atoms in total. The van der Waals surface area contributed by atoms with Crippen LogP contribution in [0.1, 0.15) is 22.8 Å². The molecule has 2 aromatic rings. The molecule has 0 amide bonds. The number of halogens is 1. The Bertz CT molecular complexity index is 671. The largest absolute Gasteiger partial charge is 0.462 e. The number of benzene rings is 2. The lowest BCUT2D eigenvalue weighted by Gasteiger charge is -2.14. The molecule has 0 atom stereocenters. The van der Waals surface area contributed by atoms with E-state index in [9.17, 15) is 4.79 Å². The maximum absolute atomic E-state index is 11.9. The van der Waals surface area contributed by atoms with E-state index in [1.807, 2.05) is 31.2 Å². The Labute approximate surface area is 132 Å². The van der Waals surface area contributed by atoms with Gasteiger partial charge in [0, 0.05) is 10.2 Å². The molecule has 21 heavy (non-hydrogen) atoms. The van der Waals surface area contributed by atoms with Crippen LogP contribution in [0.2, 0.25) is 0 Å². The number of hydrogen-bond donors (Lipinski definition) is 2. The molecule has 2 aromatic carbocycles. The van der Waals surface area contributed by atoms with Gasteiger partial charge in [-0.05, 0) is 43.7 Å². The summed E-state index contributed by atoms with van der Waals surface area (Å²) in [6, 6.07) is 11.2. The molecule has 0 heterocycles. The average Bonchev–Trinajstić information content (AvgIpc) is 2.45. The number of esters is 1. The van der Waals surface area contributed by atoms with Gasteiger partial charge < -0.3 is 15.8 Å². The van der Waals surface area contributed by atoms with Gasteiger partial charge in [0.1, 0.15) is 0 Å². The van der Waals surface area contributed by atoms with Crippen molar-refractivity contribution in [2.75, 3.05) is 17.7 Å². The van der Waals surface area contributed by atoms with Crippen LogP contribution >= 0.6 is 15.9 Å². The number of nitrogens with one attached hydrogen (secondary N) is 1. The zero-order valence-electron chi connectivity index (χ0n) is 11.9. The van der Waals surface area contributed by atoms with Gasteiger partial charge in [-0.15, -0.1) is 0 Å². The van der Waals surface area contributed by atoms with Crippen LogP contribution in [0.25, 0.3) is 0 Å². The van der Waals surface area contributed by atoms with Crippen molar-refractivity contribution in [3.63, 3.8) is 0 Å². The van der Waals surface area contributed by atoms with Crippen molar-refractivity contribution in [1.82, 2.24) is 0 Å². The van der Waals surface area contributed by atoms with Gasteiger partial charge in [-0.25, -0.2) is 4.79 Å². The lowest BCUT2D eigenvalue weighted by Crippen LogP contribution is -2.09. The highest BCUT2D eigenvalue weighted by molar-refractivity contribution is 9.10. The summed E-state index contributed by atoms with van der Waals surface area (Å²) < 4.78 is 5.97. The van der Waals surface area contributed by atoms with Gasteiger partial charge in [-0.1, -0.05) is 28.1 Å². The second kappa shape index (κ2) is 6.63. The summed E-state index contributed by atoms with van der Waals surface area (Å²) in [4.78, 5) is 11.9. The van der Waals surface area contributed by atoms with Crippen LogP contribution in [-0.4, -0.2) is 12.6 Å². The fraction of sp³-hybridized carbons (Fsp3) is 0.188. The summed E-state index contributed by atoms with van der Waals surface area (Å²) in [6.07, 6.45) is 0. The number of nitrogen functional groups attached to an aromatic ring is 1. The lowest BCUT2D eigenvalue weighted by atomic mass is 10.1. The predicted molar refractivity (Wildman–Crippen MR) is 89.0 cm³/mol. The Morgan fingerprint density at radius 3 is 2.76 bits per heavy atom. The molecule has 0 saturated carbocycles. The van der Waals surface area contributed by atoms with Gasteiger partial charge in [-0.3, -0.25) is 0 Å². The minimum Gasteiger partial charge on any atom is -0.462 e. The van der Waals surface area contributed by atoms with E-state index in [0.717, 1.165) is 15.7 Å². The number of ether oxygens (including phenoxy) is 1. The zero-order chi connectivity index (χ0) is 15.4. The molecule has 0 spiro atoms. The van der Waals surface area contributed by atoms with Crippen molar-refractivity contribution >= 4 is 39.0 Å². The fourth-order valence-electron chi connectivity index (χ4n) is 1.94. The first-order chi connectivity index (χ1) is 10.0. The minimum atomic E-state index is -0.412. The molecule has 0 aromatic heterocycles. The van der Waals surface area contributed by atoms with Crippen molar-refractivity contribution in [3.8, 4) is 0 Å². The third-order valence-corrected chi connectivity index (χ3v) is 3.56. The normalized spacial score (nSPS) is 10.2. The van der Waals surface area contributed by atoms with Crippen LogP contribution in [0, 0.1) is 6.92 Å². The van der Waals surface area contributed by atoms with Gasteiger partial charge >= 0.3 is 5.97 Å². The Balaban J connectivity index is 2.35. The molecule has 0 saturated heterocycles. The van der Waals surface area contributed by atoms with E-state index in [-0.39, 0.29) is 0 Å². The lowest BCUT2D eigenvalue weighted by molar-refractivity contribution is 0.0527. The quantitative estimate of drug-likeness (QED) is 0.639. The van der Waals surface area contributed by atoms with Gasteiger partial charge in [-0.2, -0.15) is 0 Å². The smallest absolute Gasteiger partial charge is 0.340 e. The number of aryl methyl sites for hydroxylation is 1. The number of carbonyl (C=O) groups is 1. The van der Waals surface area contributed by atoms with E-state index < -0.39 is 5.97 Å². The highest BCUT2D eigenvalue weighted by Gasteiger charge is 2.14. The Morgan fingerprint density at radius 2 is 2.05 bits per heavy atom. The van der Waals surface area contributed by atoms with E-state index in [0.29, 0.717) is 23.5 Å². The molecule has 0 aliphatic heterocycles. The second-order valence-electron chi connectivity index (χ2n) is 4.57. The molecule has 0 radical (unpaired) electrons. The summed E-state index contributed by atoms with van der Waals surface area (Å²) in [7, 11) is 0. The summed E-state index contributed by atoms with van der Waals surface area (Å²) in [5, 5.41) is 3.26. The molecular weight excluding hydrogens is 332 g/mol. The van der Waals surface area contributed by atoms with Gasteiger partial charge in [0.25, 0.3) is 0 Å². The minimum absolute atomic E-state index is 0.320. The third kappa shape index (κ3) is 3.55. The van der Waals surface area contributed by atoms with Crippen molar-refractivity contribution in [1.29, 1.82) is 0 Å². The number of carbonyl (C=O) groups excluding carboxylic acids is 1. The van der Waals surface area contributed by atoms with E-state index >= 15 is 0 Å². The topological polar surface area (TPSA) is 64.3 Å². The van der Waals surface area contributed by atoms with E-state index in [2.05, 4.69) is 21.2 Å². The first kappa shape index (κ1) is 15.4. The van der Waals surface area contributed by atoms with Crippen LogP contribution in [0.15, 0.2) is 40.9 Å². The number of anilines is 3. The number of nitrogens with two attached hydrogens (primary N) is 1. The van der Waals surface area contributed by atoms with Crippen molar-refractivity contribution in [3.05, 3.63) is 52.0 Å². The Kier molecular flexibility index (Phi) is 4.85. The highest BCUT2D eigenvalue weighted by Crippen LogP contribution is 2.29. The van der Waals surface area contributed by atoms with E-state index in [4.69, 9.17) is 10.5 Å². The van der Waals surface area contributed by atoms with Gasteiger partial charge in [0.15, 0.2) is 0 Å². The third-order valence-electron chi connectivity index (χ3n) is 3.07. The Morgan fingerprint density at radius 1 is 1.29 bits per heavy atom. The molecule has 0 aliphatic carbocycles. The molecule has 5 heteroatoms. The molecule has 0 fully saturated rings. The summed E-state index contributed by atoms with van der Waals surface area (Å²) in [6.45, 7) is 4.09. The number of hydrogen-bond acceptors (Lipinski definition) is 4. The highest BCUT2D eigenvalue weighted by atomic mass is 79.9. The summed E-state index contributed by atoms with van der Waals surface area (Å²) in [5.41, 5.74) is 9.52. The SMILES string of the molecule is CCOC(=O)c1cccc(Nc2cc(Br)ccc2C)c1N. The molecule has 2 rings (SSSR count). The van der Waals surface area contributed by atoms with Crippen molar-refractivity contribution in [2.45, 2.75) is 13.8 Å². The van der Waals surface area contributed by atoms with E-state index in [1.165, 1.54) is 0 Å². The van der Waals surface area contributed by atoms with Gasteiger partial charge in [0.05, 0.1) is 23.5 Å². The molecule has 0 aliphatic rings. The molecule has 110 valence electrons. The van der Waals surface area contributed by atoms with Crippen LogP contribution in [0.4, 0.5) is 17.1 Å². The van der Waals surface area contributed by atoms with Crippen molar-refractivity contribution in [2.24, 2.45) is 0 Å².